The zero-order valence-corrected chi connectivity index (χ0v) is 16.4. The number of rotatable bonds is 5. The van der Waals surface area contributed by atoms with Crippen molar-refractivity contribution in [2.75, 3.05) is 5.32 Å². The summed E-state index contributed by atoms with van der Waals surface area (Å²) in [4.78, 5) is 13.2. The van der Waals surface area contributed by atoms with Crippen LogP contribution in [0.2, 0.25) is 0 Å². The van der Waals surface area contributed by atoms with Crippen molar-refractivity contribution in [3.63, 3.8) is 0 Å². The average Bonchev–Trinajstić information content (AvgIpc) is 3.08. The molecule has 0 radical (unpaired) electrons. The van der Waals surface area contributed by atoms with Gasteiger partial charge in [0.1, 0.15) is 12.4 Å². The molecule has 0 bridgehead atoms. The van der Waals surface area contributed by atoms with E-state index >= 15 is 0 Å². The summed E-state index contributed by atoms with van der Waals surface area (Å²) in [6.45, 7) is 8.62. The van der Waals surface area contributed by atoms with Crippen LogP contribution in [0.25, 0.3) is 0 Å². The van der Waals surface area contributed by atoms with E-state index in [0.29, 0.717) is 11.5 Å². The summed E-state index contributed by atoms with van der Waals surface area (Å²) in [6.07, 6.45) is 0. The molecule has 3 nitrogen and oxygen atoms in total. The van der Waals surface area contributed by atoms with E-state index in [1.54, 1.807) is 0 Å². The van der Waals surface area contributed by atoms with Crippen LogP contribution in [0.4, 0.5) is 5.69 Å². The van der Waals surface area contributed by atoms with Crippen molar-refractivity contribution >= 4 is 22.9 Å². The van der Waals surface area contributed by atoms with E-state index in [0.717, 1.165) is 28.1 Å². The van der Waals surface area contributed by atoms with Crippen molar-refractivity contribution in [3.8, 4) is 5.75 Å². The third kappa shape index (κ3) is 4.33. The first-order chi connectivity index (χ1) is 12.4. The Morgan fingerprint density at radius 1 is 0.962 bits per heavy atom. The summed E-state index contributed by atoms with van der Waals surface area (Å²) in [5.41, 5.74) is 6.49. The van der Waals surface area contributed by atoms with Gasteiger partial charge in [-0.3, -0.25) is 4.79 Å². The van der Waals surface area contributed by atoms with Gasteiger partial charge in [0.15, 0.2) is 0 Å². The highest BCUT2D eigenvalue weighted by Gasteiger charge is 2.11. The molecule has 0 aliphatic carbocycles. The average molecular weight is 365 g/mol. The Kier molecular flexibility index (Phi) is 5.43. The number of anilines is 1. The standard InChI is InChI=1S/C22H23NO2S/c1-14-5-6-16(3)20(9-14)23-22(24)21-11-18(13-26-21)12-25-19-8-7-15(2)17(4)10-19/h5-11,13H,12H2,1-4H3,(H,23,24). The van der Waals surface area contributed by atoms with Gasteiger partial charge in [-0.1, -0.05) is 18.2 Å². The van der Waals surface area contributed by atoms with E-state index in [-0.39, 0.29) is 5.91 Å². The van der Waals surface area contributed by atoms with Crippen LogP contribution in [0.1, 0.15) is 37.5 Å². The van der Waals surface area contributed by atoms with Gasteiger partial charge in [-0.15, -0.1) is 11.3 Å². The number of hydrogen-bond donors (Lipinski definition) is 1. The molecule has 0 atom stereocenters. The maximum Gasteiger partial charge on any atom is 0.265 e. The summed E-state index contributed by atoms with van der Waals surface area (Å²) < 4.78 is 5.85. The topological polar surface area (TPSA) is 38.3 Å². The lowest BCUT2D eigenvalue weighted by Gasteiger charge is -2.08. The number of benzene rings is 2. The molecule has 1 N–H and O–H groups in total. The van der Waals surface area contributed by atoms with E-state index in [4.69, 9.17) is 4.74 Å². The predicted octanol–water partition coefficient (Wildman–Crippen LogP) is 5.81. The lowest BCUT2D eigenvalue weighted by Crippen LogP contribution is -2.11. The monoisotopic (exact) mass is 365 g/mol. The van der Waals surface area contributed by atoms with Crippen molar-refractivity contribution in [1.29, 1.82) is 0 Å². The van der Waals surface area contributed by atoms with Crippen LogP contribution in [0.15, 0.2) is 47.8 Å². The lowest BCUT2D eigenvalue weighted by atomic mass is 10.1. The van der Waals surface area contributed by atoms with Crippen LogP contribution in [0.3, 0.4) is 0 Å². The molecule has 1 aromatic heterocycles. The van der Waals surface area contributed by atoms with E-state index in [1.807, 2.05) is 55.6 Å². The zero-order valence-electron chi connectivity index (χ0n) is 15.6. The van der Waals surface area contributed by atoms with E-state index in [2.05, 4.69) is 25.2 Å². The lowest BCUT2D eigenvalue weighted by molar-refractivity contribution is 0.103. The van der Waals surface area contributed by atoms with Crippen molar-refractivity contribution in [2.24, 2.45) is 0 Å². The second kappa shape index (κ2) is 7.75. The number of ether oxygens (including phenoxy) is 1. The number of aryl methyl sites for hydroxylation is 4. The van der Waals surface area contributed by atoms with E-state index < -0.39 is 0 Å². The molecular formula is C22H23NO2S. The number of nitrogens with one attached hydrogen (secondary N) is 1. The van der Waals surface area contributed by atoms with Crippen molar-refractivity contribution < 1.29 is 9.53 Å². The molecular weight excluding hydrogens is 342 g/mol. The van der Waals surface area contributed by atoms with Gasteiger partial charge in [0, 0.05) is 11.3 Å². The molecule has 0 fully saturated rings. The minimum Gasteiger partial charge on any atom is -0.489 e. The molecule has 1 heterocycles. The Morgan fingerprint density at radius 2 is 1.73 bits per heavy atom. The SMILES string of the molecule is Cc1ccc(C)c(NC(=O)c2cc(COc3ccc(C)c(C)c3)cs2)c1. The second-order valence-corrected chi connectivity index (χ2v) is 7.54. The van der Waals surface area contributed by atoms with Gasteiger partial charge >= 0.3 is 0 Å². The minimum absolute atomic E-state index is 0.0823. The molecule has 26 heavy (non-hydrogen) atoms. The number of thiophene rings is 1. The van der Waals surface area contributed by atoms with Gasteiger partial charge in [0.2, 0.25) is 0 Å². The highest BCUT2D eigenvalue weighted by molar-refractivity contribution is 7.12. The Hall–Kier alpha value is -2.59. The molecule has 3 aromatic rings. The number of amides is 1. The molecule has 0 unspecified atom stereocenters. The Labute approximate surface area is 158 Å². The first-order valence-electron chi connectivity index (χ1n) is 8.58. The number of hydrogen-bond acceptors (Lipinski definition) is 3. The van der Waals surface area contributed by atoms with Crippen LogP contribution in [-0.4, -0.2) is 5.91 Å². The van der Waals surface area contributed by atoms with Gasteiger partial charge in [0.05, 0.1) is 4.88 Å². The number of carbonyl (C=O) groups excluding carboxylic acids is 1. The Morgan fingerprint density at radius 3 is 2.50 bits per heavy atom. The molecule has 0 spiro atoms. The summed E-state index contributed by atoms with van der Waals surface area (Å²) in [6, 6.07) is 14.0. The van der Waals surface area contributed by atoms with Crippen LogP contribution in [0.5, 0.6) is 5.75 Å². The quantitative estimate of drug-likeness (QED) is 0.619. The fourth-order valence-corrected chi connectivity index (χ4v) is 3.39. The molecule has 1 amide bonds. The van der Waals surface area contributed by atoms with Crippen molar-refractivity contribution in [2.45, 2.75) is 34.3 Å². The van der Waals surface area contributed by atoms with Crippen LogP contribution < -0.4 is 10.1 Å². The molecule has 0 saturated carbocycles. The minimum atomic E-state index is -0.0823. The van der Waals surface area contributed by atoms with Crippen LogP contribution in [-0.2, 0) is 6.61 Å². The third-order valence-electron chi connectivity index (χ3n) is 4.40. The number of carbonyl (C=O) groups is 1. The van der Waals surface area contributed by atoms with Crippen molar-refractivity contribution in [1.82, 2.24) is 0 Å². The molecule has 3 rings (SSSR count). The predicted molar refractivity (Wildman–Crippen MR) is 108 cm³/mol. The summed E-state index contributed by atoms with van der Waals surface area (Å²) in [5, 5.41) is 4.97. The zero-order chi connectivity index (χ0) is 18.7. The maximum absolute atomic E-state index is 12.5. The second-order valence-electron chi connectivity index (χ2n) is 6.63. The first-order valence-corrected chi connectivity index (χ1v) is 9.46. The fraction of sp³-hybridized carbons (Fsp3) is 0.227. The molecule has 0 aliphatic rings. The smallest absolute Gasteiger partial charge is 0.265 e. The van der Waals surface area contributed by atoms with Crippen LogP contribution >= 0.6 is 11.3 Å². The van der Waals surface area contributed by atoms with Gasteiger partial charge < -0.3 is 10.1 Å². The Bertz CT molecular complexity index is 943. The third-order valence-corrected chi connectivity index (χ3v) is 5.38. The van der Waals surface area contributed by atoms with Crippen molar-refractivity contribution in [3.05, 3.63) is 80.5 Å². The highest BCUT2D eigenvalue weighted by Crippen LogP contribution is 2.22. The summed E-state index contributed by atoms with van der Waals surface area (Å²) in [7, 11) is 0. The van der Waals surface area contributed by atoms with E-state index in [9.17, 15) is 4.79 Å². The Balaban J connectivity index is 1.64. The molecule has 134 valence electrons. The summed E-state index contributed by atoms with van der Waals surface area (Å²) in [5.74, 6) is 0.766. The first kappa shape index (κ1) is 18.2. The molecule has 2 aromatic carbocycles. The largest absolute Gasteiger partial charge is 0.489 e. The molecule has 0 saturated heterocycles. The van der Waals surface area contributed by atoms with Gasteiger partial charge in [-0.2, -0.15) is 0 Å². The normalized spacial score (nSPS) is 10.6. The maximum atomic E-state index is 12.5. The molecule has 4 heteroatoms. The van der Waals surface area contributed by atoms with Gasteiger partial charge in [-0.25, -0.2) is 0 Å². The van der Waals surface area contributed by atoms with Gasteiger partial charge in [-0.05, 0) is 79.6 Å². The van der Waals surface area contributed by atoms with Crippen LogP contribution in [0, 0.1) is 27.7 Å². The van der Waals surface area contributed by atoms with Gasteiger partial charge in [0.25, 0.3) is 5.91 Å². The fourth-order valence-electron chi connectivity index (χ4n) is 2.60. The van der Waals surface area contributed by atoms with E-state index in [1.165, 1.54) is 22.5 Å². The molecule has 0 aliphatic heterocycles. The highest BCUT2D eigenvalue weighted by atomic mass is 32.1. The summed E-state index contributed by atoms with van der Waals surface area (Å²) >= 11 is 1.44.